The van der Waals surface area contributed by atoms with Gasteiger partial charge in [-0.15, -0.1) is 11.3 Å². The molecule has 0 aliphatic heterocycles. The highest BCUT2D eigenvalue weighted by Crippen LogP contribution is 2.36. The number of aromatic nitrogens is 2. The van der Waals surface area contributed by atoms with Crippen molar-refractivity contribution >= 4 is 35.5 Å². The number of hydrogen-bond acceptors (Lipinski definition) is 6. The smallest absolute Gasteiger partial charge is 0.259 e. The Kier molecular flexibility index (Phi) is 6.96. The van der Waals surface area contributed by atoms with Gasteiger partial charge >= 0.3 is 0 Å². The molecule has 0 radical (unpaired) electrons. The van der Waals surface area contributed by atoms with Gasteiger partial charge in [-0.2, -0.15) is 0 Å². The van der Waals surface area contributed by atoms with E-state index in [9.17, 15) is 13.6 Å². The summed E-state index contributed by atoms with van der Waals surface area (Å²) < 4.78 is 26.8. The van der Waals surface area contributed by atoms with Gasteiger partial charge in [-0.25, -0.2) is 18.7 Å². The highest BCUT2D eigenvalue weighted by atomic mass is 32.1. The maximum atomic E-state index is 13.8. The number of benzene rings is 1. The molecule has 0 fully saturated rings. The van der Waals surface area contributed by atoms with Gasteiger partial charge in [0, 0.05) is 42.2 Å². The van der Waals surface area contributed by atoms with Crippen molar-refractivity contribution in [3.05, 3.63) is 63.6 Å². The van der Waals surface area contributed by atoms with E-state index >= 15 is 0 Å². The zero-order chi connectivity index (χ0) is 22.5. The Balaban J connectivity index is 1.86. The van der Waals surface area contributed by atoms with Crippen molar-refractivity contribution in [2.45, 2.75) is 25.7 Å². The molecule has 9 heteroatoms. The van der Waals surface area contributed by atoms with Crippen LogP contribution in [0.4, 0.5) is 14.6 Å². The van der Waals surface area contributed by atoms with Crippen LogP contribution in [0.15, 0.2) is 41.5 Å². The number of carbonyl (C=O) groups is 1. The van der Waals surface area contributed by atoms with E-state index in [1.165, 1.54) is 17.6 Å². The summed E-state index contributed by atoms with van der Waals surface area (Å²) in [6.45, 7) is 4.13. The van der Waals surface area contributed by atoms with Gasteiger partial charge in [0.25, 0.3) is 5.91 Å². The summed E-state index contributed by atoms with van der Waals surface area (Å²) >= 11 is 1.53. The number of aliphatic imine (C=N–C) groups is 1. The van der Waals surface area contributed by atoms with Crippen molar-refractivity contribution < 1.29 is 13.6 Å². The van der Waals surface area contributed by atoms with E-state index in [-0.39, 0.29) is 23.2 Å². The van der Waals surface area contributed by atoms with Crippen LogP contribution in [0.3, 0.4) is 0 Å². The molecule has 1 aromatic carbocycles. The Morgan fingerprint density at radius 3 is 2.61 bits per heavy atom. The fourth-order valence-corrected chi connectivity index (χ4v) is 4.02. The standard InChI is InChI=1S/C22H21F2N5OS/c1-12(2)20-19(29-22(31-20)14(9-25)10-26-3)13-4-7-18(27-11-13)28-21(30)16-6-5-15(23)8-17(16)24/h4-12,14,25H,1-3H3,(H,27,28,30). The summed E-state index contributed by atoms with van der Waals surface area (Å²) in [7, 11) is 1.66. The van der Waals surface area contributed by atoms with Gasteiger partial charge in [-0.05, 0) is 30.2 Å². The molecule has 160 valence electrons. The lowest BCUT2D eigenvalue weighted by molar-refractivity contribution is 0.102. The Morgan fingerprint density at radius 1 is 1.26 bits per heavy atom. The van der Waals surface area contributed by atoms with Crippen LogP contribution in [-0.2, 0) is 0 Å². The second-order valence-corrected chi connectivity index (χ2v) is 8.09. The Labute approximate surface area is 182 Å². The van der Waals surface area contributed by atoms with E-state index < -0.39 is 17.5 Å². The second kappa shape index (κ2) is 9.65. The summed E-state index contributed by atoms with van der Waals surface area (Å²) in [4.78, 5) is 26.3. The van der Waals surface area contributed by atoms with Crippen LogP contribution in [0.2, 0.25) is 0 Å². The number of rotatable bonds is 7. The van der Waals surface area contributed by atoms with E-state index in [1.807, 2.05) is 0 Å². The van der Waals surface area contributed by atoms with Crippen LogP contribution >= 0.6 is 11.3 Å². The quantitative estimate of drug-likeness (QED) is 0.488. The number of pyridine rings is 1. The Bertz CT molecular complexity index is 1130. The summed E-state index contributed by atoms with van der Waals surface area (Å²) in [5, 5.41) is 10.9. The van der Waals surface area contributed by atoms with Gasteiger partial charge in [-0.3, -0.25) is 9.79 Å². The largest absolute Gasteiger partial charge is 0.312 e. The molecular weight excluding hydrogens is 420 g/mol. The lowest BCUT2D eigenvalue weighted by Gasteiger charge is -2.08. The SMILES string of the molecule is CN=CC(C=N)c1nc(-c2ccc(NC(=O)c3ccc(F)cc3F)nc2)c(C(C)C)s1. The zero-order valence-electron chi connectivity index (χ0n) is 17.2. The fraction of sp³-hybridized carbons (Fsp3) is 0.227. The van der Waals surface area contributed by atoms with Crippen LogP contribution in [0.5, 0.6) is 0 Å². The lowest BCUT2D eigenvalue weighted by atomic mass is 10.1. The molecule has 6 nitrogen and oxygen atoms in total. The van der Waals surface area contributed by atoms with E-state index in [1.54, 1.807) is 31.6 Å². The van der Waals surface area contributed by atoms with E-state index in [2.05, 4.69) is 29.1 Å². The van der Waals surface area contributed by atoms with Crippen molar-refractivity contribution in [2.75, 3.05) is 12.4 Å². The minimum absolute atomic E-state index is 0.215. The van der Waals surface area contributed by atoms with Gasteiger partial charge in [0.15, 0.2) is 0 Å². The van der Waals surface area contributed by atoms with Crippen LogP contribution in [0, 0.1) is 17.0 Å². The molecule has 3 rings (SSSR count). The fourth-order valence-electron chi connectivity index (χ4n) is 2.89. The summed E-state index contributed by atoms with van der Waals surface area (Å²) in [6, 6.07) is 6.12. The van der Waals surface area contributed by atoms with Crippen LogP contribution in [0.1, 0.15) is 45.9 Å². The third kappa shape index (κ3) is 5.05. The Hall–Kier alpha value is -3.33. The van der Waals surface area contributed by atoms with Gasteiger partial charge in [0.2, 0.25) is 0 Å². The molecule has 2 N–H and O–H groups in total. The first-order valence-electron chi connectivity index (χ1n) is 9.50. The molecule has 0 saturated carbocycles. The first-order valence-corrected chi connectivity index (χ1v) is 10.3. The number of thiazole rings is 1. The predicted octanol–water partition coefficient (Wildman–Crippen LogP) is 5.29. The minimum atomic E-state index is -0.943. The monoisotopic (exact) mass is 441 g/mol. The molecule has 0 bridgehead atoms. The highest BCUT2D eigenvalue weighted by Gasteiger charge is 2.20. The summed E-state index contributed by atoms with van der Waals surface area (Å²) in [6.07, 6.45) is 4.55. The summed E-state index contributed by atoms with van der Waals surface area (Å²) in [5.41, 5.74) is 1.25. The molecule has 1 atom stereocenters. The molecule has 0 aliphatic rings. The second-order valence-electron chi connectivity index (χ2n) is 7.03. The average Bonchev–Trinajstić information content (AvgIpc) is 3.18. The molecule has 3 aromatic rings. The zero-order valence-corrected chi connectivity index (χ0v) is 18.0. The van der Waals surface area contributed by atoms with Crippen molar-refractivity contribution in [1.82, 2.24) is 9.97 Å². The molecule has 0 saturated heterocycles. The molecule has 1 amide bonds. The lowest BCUT2D eigenvalue weighted by Crippen LogP contribution is -2.14. The van der Waals surface area contributed by atoms with Gasteiger partial charge < -0.3 is 10.7 Å². The normalized spacial score (nSPS) is 12.3. The maximum absolute atomic E-state index is 13.8. The molecule has 0 spiro atoms. The first kappa shape index (κ1) is 22.4. The molecule has 31 heavy (non-hydrogen) atoms. The molecule has 2 heterocycles. The maximum Gasteiger partial charge on any atom is 0.259 e. The Morgan fingerprint density at radius 2 is 2.03 bits per heavy atom. The number of anilines is 1. The first-order chi connectivity index (χ1) is 14.8. The number of amides is 1. The highest BCUT2D eigenvalue weighted by molar-refractivity contribution is 7.12. The topological polar surface area (TPSA) is 91.1 Å². The molecular formula is C22H21F2N5OS. The number of nitrogens with one attached hydrogen (secondary N) is 2. The minimum Gasteiger partial charge on any atom is -0.312 e. The number of nitrogens with zero attached hydrogens (tertiary/aromatic N) is 3. The molecule has 0 aliphatic carbocycles. The van der Waals surface area contributed by atoms with Gasteiger partial charge in [0.1, 0.15) is 22.5 Å². The van der Waals surface area contributed by atoms with E-state index in [4.69, 9.17) is 10.4 Å². The van der Waals surface area contributed by atoms with Crippen molar-refractivity contribution in [2.24, 2.45) is 4.99 Å². The third-order valence-electron chi connectivity index (χ3n) is 4.42. The molecule has 1 unspecified atom stereocenters. The van der Waals surface area contributed by atoms with E-state index in [0.29, 0.717) is 6.07 Å². The number of hydrogen-bond donors (Lipinski definition) is 2. The van der Waals surface area contributed by atoms with Gasteiger partial charge in [0.05, 0.1) is 17.2 Å². The third-order valence-corrected chi connectivity index (χ3v) is 5.88. The average molecular weight is 442 g/mol. The van der Waals surface area contributed by atoms with Gasteiger partial charge in [-0.1, -0.05) is 13.8 Å². The van der Waals surface area contributed by atoms with Crippen molar-refractivity contribution in [1.29, 1.82) is 5.41 Å². The molecule has 2 aromatic heterocycles. The van der Waals surface area contributed by atoms with Crippen LogP contribution in [-0.4, -0.2) is 35.4 Å². The van der Waals surface area contributed by atoms with Crippen molar-refractivity contribution in [3.63, 3.8) is 0 Å². The van der Waals surface area contributed by atoms with Crippen LogP contribution in [0.25, 0.3) is 11.3 Å². The number of halogens is 2. The summed E-state index contributed by atoms with van der Waals surface area (Å²) in [5.74, 6) is -2.26. The van der Waals surface area contributed by atoms with Crippen molar-refractivity contribution in [3.8, 4) is 11.3 Å². The van der Waals surface area contributed by atoms with E-state index in [0.717, 1.165) is 33.3 Å². The van der Waals surface area contributed by atoms with Crippen LogP contribution < -0.4 is 5.32 Å². The number of carbonyl (C=O) groups excluding carboxylic acids is 1. The predicted molar refractivity (Wildman–Crippen MR) is 120 cm³/mol.